The van der Waals surface area contributed by atoms with Gasteiger partial charge in [0.05, 0.1) is 29.8 Å². The Morgan fingerprint density at radius 3 is 2.41 bits per heavy atom. The molecule has 0 saturated heterocycles. The zero-order chi connectivity index (χ0) is 19.8. The Kier molecular flexibility index (Phi) is 7.07. The van der Waals surface area contributed by atoms with Gasteiger partial charge in [-0.15, -0.1) is 0 Å². The number of carbonyl (C=O) groups excluding carboxylic acids is 1. The van der Waals surface area contributed by atoms with Crippen LogP contribution in [0.4, 0.5) is 17.1 Å². The van der Waals surface area contributed by atoms with Crippen molar-refractivity contribution in [2.75, 3.05) is 23.8 Å². The first kappa shape index (κ1) is 20.1. The lowest BCUT2D eigenvalue weighted by molar-refractivity contribution is -0.384. The maximum absolute atomic E-state index is 11.6. The van der Waals surface area contributed by atoms with Gasteiger partial charge in [0, 0.05) is 5.69 Å². The molecule has 0 atom stereocenters. The van der Waals surface area contributed by atoms with Crippen molar-refractivity contribution in [3.05, 3.63) is 58.1 Å². The van der Waals surface area contributed by atoms with Gasteiger partial charge in [-0.05, 0) is 62.5 Å². The lowest BCUT2D eigenvalue weighted by atomic mass is 10.2. The SMILES string of the molecule is CCOC(=O)c1ccc(NC(=S)Nc2ccc(OCC)cc2[N+](=O)[O-])cc1. The number of nitro groups is 1. The number of hydrogen-bond acceptors (Lipinski definition) is 6. The molecule has 2 aromatic carbocycles. The first-order valence-corrected chi connectivity index (χ1v) is 8.61. The number of nitrogens with zero attached hydrogens (tertiary/aromatic N) is 1. The molecule has 0 amide bonds. The highest BCUT2D eigenvalue weighted by molar-refractivity contribution is 7.80. The molecule has 27 heavy (non-hydrogen) atoms. The van der Waals surface area contributed by atoms with Gasteiger partial charge in [-0.25, -0.2) is 4.79 Å². The van der Waals surface area contributed by atoms with E-state index in [1.807, 2.05) is 0 Å². The van der Waals surface area contributed by atoms with E-state index in [2.05, 4.69) is 10.6 Å². The Balaban J connectivity index is 2.07. The molecule has 2 N–H and O–H groups in total. The second-order valence-electron chi connectivity index (χ2n) is 5.25. The third-order valence-electron chi connectivity index (χ3n) is 3.38. The van der Waals surface area contributed by atoms with Crippen LogP contribution in [0.1, 0.15) is 24.2 Å². The van der Waals surface area contributed by atoms with E-state index in [0.717, 1.165) is 0 Å². The number of benzene rings is 2. The summed E-state index contributed by atoms with van der Waals surface area (Å²) in [6, 6.07) is 11.0. The van der Waals surface area contributed by atoms with Crippen LogP contribution in [-0.2, 0) is 4.74 Å². The Hall–Kier alpha value is -3.20. The minimum Gasteiger partial charge on any atom is -0.494 e. The van der Waals surface area contributed by atoms with E-state index >= 15 is 0 Å². The number of esters is 1. The molecule has 0 spiro atoms. The maximum atomic E-state index is 11.6. The van der Waals surface area contributed by atoms with Crippen molar-refractivity contribution < 1.29 is 19.2 Å². The van der Waals surface area contributed by atoms with Crippen LogP contribution in [0.2, 0.25) is 0 Å². The molecule has 8 nitrogen and oxygen atoms in total. The molecule has 0 unspecified atom stereocenters. The molecular weight excluding hydrogens is 370 g/mol. The molecule has 0 aromatic heterocycles. The van der Waals surface area contributed by atoms with Crippen LogP contribution in [0.5, 0.6) is 5.75 Å². The summed E-state index contributed by atoms with van der Waals surface area (Å²) in [5.74, 6) is -0.00190. The van der Waals surface area contributed by atoms with E-state index in [0.29, 0.717) is 30.2 Å². The lowest BCUT2D eigenvalue weighted by Gasteiger charge is -2.12. The molecule has 9 heteroatoms. The van der Waals surface area contributed by atoms with Gasteiger partial charge in [-0.1, -0.05) is 0 Å². The molecule has 142 valence electrons. The van der Waals surface area contributed by atoms with Gasteiger partial charge in [0.2, 0.25) is 0 Å². The molecular formula is C18H19N3O5S. The van der Waals surface area contributed by atoms with E-state index in [9.17, 15) is 14.9 Å². The smallest absolute Gasteiger partial charge is 0.338 e. The molecule has 2 aromatic rings. The number of ether oxygens (including phenoxy) is 2. The second kappa shape index (κ2) is 9.48. The highest BCUT2D eigenvalue weighted by atomic mass is 32.1. The van der Waals surface area contributed by atoms with Crippen molar-refractivity contribution in [1.29, 1.82) is 0 Å². The maximum Gasteiger partial charge on any atom is 0.338 e. The largest absolute Gasteiger partial charge is 0.494 e. The number of thiocarbonyl (C=S) groups is 1. The summed E-state index contributed by atoms with van der Waals surface area (Å²) in [6.45, 7) is 4.24. The third-order valence-corrected chi connectivity index (χ3v) is 3.58. The summed E-state index contributed by atoms with van der Waals surface area (Å²) in [5.41, 5.74) is 1.13. The summed E-state index contributed by atoms with van der Waals surface area (Å²) in [5, 5.41) is 17.2. The highest BCUT2D eigenvalue weighted by Crippen LogP contribution is 2.29. The van der Waals surface area contributed by atoms with Gasteiger partial charge in [-0.2, -0.15) is 0 Å². The van der Waals surface area contributed by atoms with Crippen molar-refractivity contribution in [3.8, 4) is 5.75 Å². The second-order valence-corrected chi connectivity index (χ2v) is 5.65. The van der Waals surface area contributed by atoms with Crippen molar-refractivity contribution in [3.63, 3.8) is 0 Å². The van der Waals surface area contributed by atoms with Crippen LogP contribution < -0.4 is 15.4 Å². The zero-order valence-corrected chi connectivity index (χ0v) is 15.7. The highest BCUT2D eigenvalue weighted by Gasteiger charge is 2.16. The summed E-state index contributed by atoms with van der Waals surface area (Å²) in [4.78, 5) is 22.4. The average molecular weight is 389 g/mol. The molecule has 0 aliphatic carbocycles. The predicted octanol–water partition coefficient (Wildman–Crippen LogP) is 3.98. The number of anilines is 2. The average Bonchev–Trinajstić information content (AvgIpc) is 2.63. The predicted molar refractivity (Wildman–Crippen MR) is 107 cm³/mol. The van der Waals surface area contributed by atoms with Crippen LogP contribution >= 0.6 is 12.2 Å². The molecule has 0 radical (unpaired) electrons. The van der Waals surface area contributed by atoms with E-state index in [1.165, 1.54) is 12.1 Å². The van der Waals surface area contributed by atoms with Gasteiger partial charge in [0.15, 0.2) is 5.11 Å². The molecule has 0 heterocycles. The van der Waals surface area contributed by atoms with E-state index in [4.69, 9.17) is 21.7 Å². The summed E-state index contributed by atoms with van der Waals surface area (Å²) >= 11 is 5.21. The standard InChI is InChI=1S/C18H19N3O5S/c1-3-25-14-9-10-15(16(11-14)21(23)24)20-18(27)19-13-7-5-12(6-8-13)17(22)26-4-2/h5-11H,3-4H2,1-2H3,(H2,19,20,27). The number of nitrogens with one attached hydrogen (secondary N) is 2. The first-order chi connectivity index (χ1) is 12.9. The monoisotopic (exact) mass is 389 g/mol. The molecule has 0 saturated carbocycles. The zero-order valence-electron chi connectivity index (χ0n) is 14.9. The minimum absolute atomic E-state index is 0.150. The Morgan fingerprint density at radius 2 is 1.81 bits per heavy atom. The number of nitro benzene ring substituents is 1. The molecule has 2 rings (SSSR count). The van der Waals surface area contributed by atoms with Crippen LogP contribution in [-0.4, -0.2) is 29.2 Å². The topological polar surface area (TPSA) is 103 Å². The fourth-order valence-corrected chi connectivity index (χ4v) is 2.44. The number of carbonyl (C=O) groups is 1. The van der Waals surface area contributed by atoms with Gasteiger partial charge in [0.1, 0.15) is 11.4 Å². The number of hydrogen-bond donors (Lipinski definition) is 2. The summed E-state index contributed by atoms with van der Waals surface area (Å²) in [7, 11) is 0. The lowest BCUT2D eigenvalue weighted by Crippen LogP contribution is -2.19. The molecule has 0 aliphatic rings. The van der Waals surface area contributed by atoms with Crippen molar-refractivity contribution in [2.24, 2.45) is 0 Å². The van der Waals surface area contributed by atoms with Gasteiger partial charge >= 0.3 is 5.97 Å². The first-order valence-electron chi connectivity index (χ1n) is 8.21. The van der Waals surface area contributed by atoms with Crippen LogP contribution in [0.15, 0.2) is 42.5 Å². The number of rotatable bonds is 7. The minimum atomic E-state index is -0.512. The van der Waals surface area contributed by atoms with Crippen LogP contribution in [0, 0.1) is 10.1 Å². The van der Waals surface area contributed by atoms with Crippen LogP contribution in [0.25, 0.3) is 0 Å². The summed E-state index contributed by atoms with van der Waals surface area (Å²) < 4.78 is 10.2. The van der Waals surface area contributed by atoms with E-state index < -0.39 is 10.9 Å². The fraction of sp³-hybridized carbons (Fsp3) is 0.222. The van der Waals surface area contributed by atoms with Gasteiger partial charge < -0.3 is 20.1 Å². The van der Waals surface area contributed by atoms with E-state index in [1.54, 1.807) is 44.2 Å². The van der Waals surface area contributed by atoms with Crippen molar-refractivity contribution >= 4 is 40.4 Å². The normalized spacial score (nSPS) is 10.0. The third kappa shape index (κ3) is 5.65. The Bertz CT molecular complexity index is 839. The molecule has 0 fully saturated rings. The van der Waals surface area contributed by atoms with Crippen molar-refractivity contribution in [2.45, 2.75) is 13.8 Å². The quantitative estimate of drug-likeness (QED) is 0.317. The molecule has 0 bridgehead atoms. The Morgan fingerprint density at radius 1 is 1.11 bits per heavy atom. The Labute approximate surface area is 161 Å². The molecule has 0 aliphatic heterocycles. The summed E-state index contributed by atoms with van der Waals surface area (Å²) in [6.07, 6.45) is 0. The van der Waals surface area contributed by atoms with Gasteiger partial charge in [0.25, 0.3) is 5.69 Å². The fourth-order valence-electron chi connectivity index (χ4n) is 2.21. The van der Waals surface area contributed by atoms with Gasteiger partial charge in [-0.3, -0.25) is 10.1 Å². The van der Waals surface area contributed by atoms with E-state index in [-0.39, 0.29) is 16.5 Å². The van der Waals surface area contributed by atoms with Crippen molar-refractivity contribution in [1.82, 2.24) is 0 Å². The van der Waals surface area contributed by atoms with Crippen LogP contribution in [0.3, 0.4) is 0 Å².